The second-order valence-corrected chi connectivity index (χ2v) is 1.93. The van der Waals surface area contributed by atoms with Crippen LogP contribution >= 0.6 is 23.2 Å². The molecule has 0 atom stereocenters. The summed E-state index contributed by atoms with van der Waals surface area (Å²) in [4.78, 5) is -2.91. The molecule has 0 heterocycles. The zero-order valence-corrected chi connectivity index (χ0v) is 5.43. The Kier molecular flexibility index (Phi) is 2.28. The lowest BCUT2D eigenvalue weighted by Crippen LogP contribution is -2.26. The molecule has 0 spiro atoms. The van der Waals surface area contributed by atoms with Crippen LogP contribution in [0.3, 0.4) is 0 Å². The molecule has 0 aliphatic heterocycles. The molecule has 1 nitrogen and oxygen atoms in total. The highest BCUT2D eigenvalue weighted by molar-refractivity contribution is 6.44. The lowest BCUT2D eigenvalue weighted by molar-refractivity contribution is -0.210. The topological polar surface area (TPSA) is 9.23 Å². The quantitative estimate of drug-likeness (QED) is 0.570. The Morgan fingerprint density at radius 1 is 1.75 bits per heavy atom. The molecule has 50 valence electrons. The first-order valence-corrected chi connectivity index (χ1v) is 2.37. The predicted molar refractivity (Wildman–Crippen MR) is 27.4 cm³/mol. The van der Waals surface area contributed by atoms with E-state index in [4.69, 9.17) is 1.37 Å². The summed E-state index contributed by atoms with van der Waals surface area (Å²) in [5.74, 6) is 0. The Bertz CT molecular complexity index is 102. The van der Waals surface area contributed by atoms with Gasteiger partial charge in [-0.2, -0.15) is 8.78 Å². The van der Waals surface area contributed by atoms with Gasteiger partial charge in [-0.1, -0.05) is 23.2 Å². The lowest BCUT2D eigenvalue weighted by atomic mass is 10.7. The number of alkyl halides is 4. The van der Waals surface area contributed by atoms with E-state index in [1.807, 2.05) is 0 Å². The molecule has 0 radical (unpaired) electrons. The molecule has 5 heteroatoms. The van der Waals surface area contributed by atoms with E-state index >= 15 is 0 Å². The molecule has 0 aromatic rings. The summed E-state index contributed by atoms with van der Waals surface area (Å²) in [5.41, 5.74) is 0. The Balaban J connectivity index is 4.14. The van der Waals surface area contributed by atoms with Gasteiger partial charge in [0.1, 0.15) is 0 Å². The maximum absolute atomic E-state index is 12.0. The molecule has 0 aliphatic rings. The molecule has 0 fully saturated rings. The van der Waals surface area contributed by atoms with Crippen LogP contribution in [0, 0.1) is 0 Å². The Labute approximate surface area is 56.9 Å². The molecule has 0 rings (SSSR count). The van der Waals surface area contributed by atoms with Crippen LogP contribution in [0.15, 0.2) is 0 Å². The lowest BCUT2D eigenvalue weighted by Gasteiger charge is -2.13. The third kappa shape index (κ3) is 2.11. The van der Waals surface area contributed by atoms with Crippen LogP contribution in [0.4, 0.5) is 8.78 Å². The van der Waals surface area contributed by atoms with E-state index in [0.717, 1.165) is 0 Å². The van der Waals surface area contributed by atoms with Gasteiger partial charge in [0.2, 0.25) is 0 Å². The van der Waals surface area contributed by atoms with Gasteiger partial charge < -0.3 is 4.74 Å². The molecule has 0 saturated heterocycles. The van der Waals surface area contributed by atoms with Gasteiger partial charge in [0.25, 0.3) is 0 Å². The summed E-state index contributed by atoms with van der Waals surface area (Å²) in [6.07, 6.45) is -3.82. The van der Waals surface area contributed by atoms with Crippen LogP contribution in [-0.2, 0) is 4.74 Å². The highest BCUT2D eigenvalue weighted by Crippen LogP contribution is 2.26. The first-order chi connectivity index (χ1) is 3.81. The summed E-state index contributed by atoms with van der Waals surface area (Å²) in [5, 5.41) is 0. The van der Waals surface area contributed by atoms with Gasteiger partial charge in [0, 0.05) is 7.11 Å². The van der Waals surface area contributed by atoms with Crippen LogP contribution in [-0.4, -0.2) is 18.0 Å². The summed E-state index contributed by atoms with van der Waals surface area (Å²) >= 11 is 9.36. The molecule has 0 amide bonds. The molecule has 0 N–H and O–H groups in total. The van der Waals surface area contributed by atoms with Gasteiger partial charge >= 0.3 is 6.11 Å². The fraction of sp³-hybridized carbons (Fsp3) is 1.00. The van der Waals surface area contributed by atoms with Crippen molar-refractivity contribution in [3.63, 3.8) is 0 Å². The second kappa shape index (κ2) is 2.80. The van der Waals surface area contributed by atoms with Gasteiger partial charge in [0.15, 0.2) is 4.81 Å². The number of methoxy groups -OCH3 is 1. The minimum Gasteiger partial charge on any atom is -0.322 e. The fourth-order valence-electron chi connectivity index (χ4n) is 0.0772. The van der Waals surface area contributed by atoms with Crippen molar-refractivity contribution >= 4 is 23.2 Å². The zero-order valence-electron chi connectivity index (χ0n) is 4.92. The second-order valence-electron chi connectivity index (χ2n) is 0.981. The SMILES string of the molecule is [2H]C(Cl)(Cl)C(F)(F)OC. The van der Waals surface area contributed by atoms with E-state index < -0.39 is 10.9 Å². The summed E-state index contributed by atoms with van der Waals surface area (Å²) in [6.45, 7) is 0. The molecular weight excluding hydrogens is 161 g/mol. The molecule has 0 aliphatic carbocycles. The molecule has 0 bridgehead atoms. The van der Waals surface area contributed by atoms with Crippen molar-refractivity contribution in [3.8, 4) is 0 Å². The number of hydrogen-bond acceptors (Lipinski definition) is 1. The molecule has 0 aromatic carbocycles. The highest BCUT2D eigenvalue weighted by atomic mass is 35.5. The maximum Gasteiger partial charge on any atom is 0.385 e. The van der Waals surface area contributed by atoms with Crippen LogP contribution in [0.25, 0.3) is 0 Å². The predicted octanol–water partition coefficient (Wildman–Crippen LogP) is 2.03. The van der Waals surface area contributed by atoms with E-state index in [-0.39, 0.29) is 0 Å². The van der Waals surface area contributed by atoms with Crippen molar-refractivity contribution in [2.75, 3.05) is 7.11 Å². The van der Waals surface area contributed by atoms with E-state index in [1.54, 1.807) is 0 Å². The van der Waals surface area contributed by atoms with Crippen molar-refractivity contribution in [3.05, 3.63) is 0 Å². The van der Waals surface area contributed by atoms with Crippen molar-refractivity contribution in [1.29, 1.82) is 0 Å². The molecule has 0 saturated carbocycles. The van der Waals surface area contributed by atoms with Gasteiger partial charge in [-0.25, -0.2) is 0 Å². The normalized spacial score (nSPS) is 15.9. The monoisotopic (exact) mass is 165 g/mol. The van der Waals surface area contributed by atoms with E-state index in [9.17, 15) is 8.78 Å². The third-order valence-corrected chi connectivity index (χ3v) is 0.916. The van der Waals surface area contributed by atoms with Crippen molar-refractivity contribution in [1.82, 2.24) is 0 Å². The van der Waals surface area contributed by atoms with Crippen LogP contribution in [0.5, 0.6) is 0 Å². The minimum atomic E-state index is -3.82. The smallest absolute Gasteiger partial charge is 0.322 e. The standard InChI is InChI=1S/C3H4Cl2F2O/c1-8-3(6,7)2(4)5/h2H,1H3/i2D. The zero-order chi connectivity index (χ0) is 7.71. The third-order valence-electron chi connectivity index (χ3n) is 0.476. The van der Waals surface area contributed by atoms with E-state index in [0.29, 0.717) is 7.11 Å². The Morgan fingerprint density at radius 3 is 2.12 bits per heavy atom. The first-order valence-electron chi connectivity index (χ1n) is 2.12. The molecule has 0 aromatic heterocycles. The molecule has 0 unspecified atom stereocenters. The number of halogens is 4. The van der Waals surface area contributed by atoms with Gasteiger partial charge in [-0.3, -0.25) is 0 Å². The van der Waals surface area contributed by atoms with Gasteiger partial charge in [-0.15, -0.1) is 0 Å². The number of rotatable bonds is 2. The average Bonchev–Trinajstić information content (AvgIpc) is 1.64. The van der Waals surface area contributed by atoms with Crippen molar-refractivity contribution in [2.45, 2.75) is 10.9 Å². The summed E-state index contributed by atoms with van der Waals surface area (Å²) in [7, 11) is 0.716. The average molecular weight is 166 g/mol. The Morgan fingerprint density at radius 2 is 2.12 bits per heavy atom. The summed E-state index contributed by atoms with van der Waals surface area (Å²) < 4.78 is 33.9. The first kappa shape index (κ1) is 6.52. The maximum atomic E-state index is 12.0. The fourth-order valence-corrected chi connectivity index (χ4v) is 0.231. The van der Waals surface area contributed by atoms with E-state index in [1.165, 1.54) is 0 Å². The van der Waals surface area contributed by atoms with Crippen LogP contribution < -0.4 is 0 Å². The molecule has 8 heavy (non-hydrogen) atoms. The highest BCUT2D eigenvalue weighted by Gasteiger charge is 2.36. The van der Waals surface area contributed by atoms with Gasteiger partial charge in [0.05, 0.1) is 1.37 Å². The van der Waals surface area contributed by atoms with Crippen LogP contribution in [0.2, 0.25) is 0 Å². The number of ether oxygens (including phenoxy) is 1. The Hall–Kier alpha value is 0.400. The number of hydrogen-bond donors (Lipinski definition) is 0. The summed E-state index contributed by atoms with van der Waals surface area (Å²) in [6, 6.07) is 0. The molecular formula is C3H4Cl2F2O. The van der Waals surface area contributed by atoms with Gasteiger partial charge in [-0.05, 0) is 0 Å². The van der Waals surface area contributed by atoms with Crippen LogP contribution in [0.1, 0.15) is 1.37 Å². The minimum absolute atomic E-state index is 0.716. The van der Waals surface area contributed by atoms with Crippen molar-refractivity contribution < 1.29 is 14.9 Å². The largest absolute Gasteiger partial charge is 0.385 e. The van der Waals surface area contributed by atoms with E-state index in [2.05, 4.69) is 27.9 Å². The van der Waals surface area contributed by atoms with Crippen molar-refractivity contribution in [2.24, 2.45) is 0 Å².